The monoisotopic (exact) mass is 371 g/mol. The van der Waals surface area contributed by atoms with Crippen LogP contribution >= 0.6 is 0 Å². The van der Waals surface area contributed by atoms with Crippen LogP contribution in [0.2, 0.25) is 0 Å². The summed E-state index contributed by atoms with van der Waals surface area (Å²) in [6, 6.07) is 8.15. The molecule has 0 radical (unpaired) electrons. The van der Waals surface area contributed by atoms with Gasteiger partial charge in [0, 0.05) is 11.5 Å². The number of carbonyl (C=O) groups is 1. The van der Waals surface area contributed by atoms with Crippen molar-refractivity contribution in [2.45, 2.75) is 27.7 Å². The Hall–Kier alpha value is -3.72. The molecular weight excluding hydrogens is 350 g/mol. The van der Waals surface area contributed by atoms with Gasteiger partial charge in [-0.05, 0) is 51.0 Å². The summed E-state index contributed by atoms with van der Waals surface area (Å²) in [6.07, 6.45) is 8.02. The Morgan fingerprint density at radius 3 is 2.68 bits per heavy atom. The van der Waals surface area contributed by atoms with Crippen LogP contribution in [0.3, 0.4) is 0 Å². The smallest absolute Gasteiger partial charge is 0.249 e. The molecule has 6 nitrogen and oxygen atoms in total. The van der Waals surface area contributed by atoms with E-state index in [0.717, 1.165) is 22.0 Å². The van der Waals surface area contributed by atoms with Crippen LogP contribution in [0.25, 0.3) is 16.7 Å². The number of hydrogen-bond donors (Lipinski definition) is 1. The summed E-state index contributed by atoms with van der Waals surface area (Å²) in [4.78, 5) is 17.0. The average molecular weight is 371 g/mol. The van der Waals surface area contributed by atoms with Crippen molar-refractivity contribution in [3.63, 3.8) is 0 Å². The first-order chi connectivity index (χ1) is 13.4. The van der Waals surface area contributed by atoms with Crippen LogP contribution in [-0.4, -0.2) is 20.7 Å². The molecule has 0 saturated carbocycles. The lowest BCUT2D eigenvalue weighted by Crippen LogP contribution is -2.14. The maximum atomic E-state index is 12.2. The Labute approximate surface area is 163 Å². The van der Waals surface area contributed by atoms with Crippen molar-refractivity contribution < 1.29 is 4.79 Å². The van der Waals surface area contributed by atoms with Crippen LogP contribution < -0.4 is 5.32 Å². The molecule has 3 aromatic rings. The van der Waals surface area contributed by atoms with E-state index < -0.39 is 0 Å². The Morgan fingerprint density at radius 2 is 1.96 bits per heavy atom. The molecule has 0 spiro atoms. The van der Waals surface area contributed by atoms with Gasteiger partial charge in [-0.15, -0.1) is 0 Å². The third-order valence-corrected chi connectivity index (χ3v) is 4.34. The van der Waals surface area contributed by atoms with E-state index >= 15 is 0 Å². The standard InChI is InChI=1S/C22H21N5O/c1-5-6-7-8-20(28)26-22-17(12-23)13-24-27(22)19-11-15(3)18-10-14(2)9-16(4)21(18)25-19/h5-11,13H,1-4H3,(H,26,28)/b6-5+,8-7+. The Bertz CT molecular complexity index is 1160. The van der Waals surface area contributed by atoms with Gasteiger partial charge in [0.05, 0.1) is 11.7 Å². The fraction of sp³-hybridized carbons (Fsp3) is 0.182. The molecule has 6 heteroatoms. The van der Waals surface area contributed by atoms with Gasteiger partial charge in [0.1, 0.15) is 11.6 Å². The van der Waals surface area contributed by atoms with Crippen LogP contribution in [0.5, 0.6) is 0 Å². The predicted molar refractivity (Wildman–Crippen MR) is 110 cm³/mol. The number of hydrogen-bond acceptors (Lipinski definition) is 4. The molecule has 0 saturated heterocycles. The first-order valence-electron chi connectivity index (χ1n) is 8.92. The van der Waals surface area contributed by atoms with Crippen molar-refractivity contribution in [3.05, 3.63) is 71.0 Å². The molecule has 0 aliphatic heterocycles. The van der Waals surface area contributed by atoms with Crippen LogP contribution in [0.1, 0.15) is 29.2 Å². The third-order valence-electron chi connectivity index (χ3n) is 4.34. The van der Waals surface area contributed by atoms with Gasteiger partial charge >= 0.3 is 0 Å². The number of anilines is 1. The zero-order valence-electron chi connectivity index (χ0n) is 16.3. The number of nitrogens with one attached hydrogen (secondary N) is 1. The summed E-state index contributed by atoms with van der Waals surface area (Å²) in [5.74, 6) is 0.500. The highest BCUT2D eigenvalue weighted by molar-refractivity contribution is 5.99. The molecular formula is C22H21N5O. The number of pyridine rings is 1. The summed E-state index contributed by atoms with van der Waals surface area (Å²) >= 11 is 0. The minimum Gasteiger partial charge on any atom is -0.306 e. The zero-order chi connectivity index (χ0) is 20.3. The van der Waals surface area contributed by atoms with E-state index in [-0.39, 0.29) is 11.5 Å². The van der Waals surface area contributed by atoms with Crippen molar-refractivity contribution in [3.8, 4) is 11.9 Å². The van der Waals surface area contributed by atoms with E-state index in [1.807, 2.05) is 32.9 Å². The highest BCUT2D eigenvalue weighted by Gasteiger charge is 2.16. The summed E-state index contributed by atoms with van der Waals surface area (Å²) in [7, 11) is 0. The van der Waals surface area contributed by atoms with Crippen LogP contribution in [0, 0.1) is 32.1 Å². The van der Waals surface area contributed by atoms with Crippen molar-refractivity contribution in [1.29, 1.82) is 5.26 Å². The minimum atomic E-state index is -0.347. The second-order valence-corrected chi connectivity index (χ2v) is 6.58. The zero-order valence-corrected chi connectivity index (χ0v) is 16.3. The number of allylic oxidation sites excluding steroid dienone is 3. The maximum Gasteiger partial charge on any atom is 0.249 e. The van der Waals surface area contributed by atoms with E-state index in [4.69, 9.17) is 4.98 Å². The molecule has 2 heterocycles. The molecule has 28 heavy (non-hydrogen) atoms. The van der Waals surface area contributed by atoms with E-state index in [9.17, 15) is 10.1 Å². The van der Waals surface area contributed by atoms with E-state index in [0.29, 0.717) is 11.6 Å². The highest BCUT2D eigenvalue weighted by Crippen LogP contribution is 2.26. The second kappa shape index (κ2) is 7.89. The number of aromatic nitrogens is 3. The first-order valence-corrected chi connectivity index (χ1v) is 8.92. The van der Waals surface area contributed by atoms with Crippen LogP contribution in [-0.2, 0) is 4.79 Å². The Morgan fingerprint density at radius 1 is 1.18 bits per heavy atom. The van der Waals surface area contributed by atoms with E-state index in [1.165, 1.54) is 22.5 Å². The third kappa shape index (κ3) is 3.69. The molecule has 0 atom stereocenters. The van der Waals surface area contributed by atoms with Crippen LogP contribution in [0.15, 0.2) is 48.7 Å². The fourth-order valence-corrected chi connectivity index (χ4v) is 3.07. The normalized spacial score (nSPS) is 11.4. The highest BCUT2D eigenvalue weighted by atomic mass is 16.1. The Kier molecular flexibility index (Phi) is 5.37. The summed E-state index contributed by atoms with van der Waals surface area (Å²) in [6.45, 7) is 7.95. The SMILES string of the molecule is C/C=C/C=C/C(=O)Nc1c(C#N)cnn1-c1cc(C)c2cc(C)cc(C)c2n1. The molecule has 0 unspecified atom stereocenters. The number of nitriles is 1. The maximum absolute atomic E-state index is 12.2. The molecule has 2 aromatic heterocycles. The van der Waals surface area contributed by atoms with Gasteiger partial charge in [-0.2, -0.15) is 15.0 Å². The van der Waals surface area contributed by atoms with E-state index in [1.54, 1.807) is 12.2 Å². The van der Waals surface area contributed by atoms with Crippen molar-refractivity contribution in [2.24, 2.45) is 0 Å². The molecule has 140 valence electrons. The van der Waals surface area contributed by atoms with Gasteiger partial charge in [-0.25, -0.2) is 4.98 Å². The number of nitrogens with zero attached hydrogens (tertiary/aromatic N) is 4. The lowest BCUT2D eigenvalue weighted by atomic mass is 10.0. The molecule has 0 bridgehead atoms. The number of benzene rings is 1. The average Bonchev–Trinajstić information content (AvgIpc) is 3.05. The molecule has 1 N–H and O–H groups in total. The molecule has 0 aliphatic carbocycles. The molecule has 1 aromatic carbocycles. The lowest BCUT2D eigenvalue weighted by molar-refractivity contribution is -0.111. The topological polar surface area (TPSA) is 83.6 Å². The van der Waals surface area contributed by atoms with Gasteiger partial charge in [0.15, 0.2) is 11.6 Å². The summed E-state index contributed by atoms with van der Waals surface area (Å²) in [5.41, 5.74) is 4.43. The van der Waals surface area contributed by atoms with Gasteiger partial charge < -0.3 is 5.32 Å². The van der Waals surface area contributed by atoms with E-state index in [2.05, 4.69) is 35.5 Å². The number of amides is 1. The van der Waals surface area contributed by atoms with Gasteiger partial charge in [0.25, 0.3) is 0 Å². The summed E-state index contributed by atoms with van der Waals surface area (Å²) in [5, 5.41) is 17.5. The van der Waals surface area contributed by atoms with Crippen LogP contribution in [0.4, 0.5) is 5.82 Å². The van der Waals surface area contributed by atoms with Crippen molar-refractivity contribution in [1.82, 2.24) is 14.8 Å². The van der Waals surface area contributed by atoms with Crippen molar-refractivity contribution >= 4 is 22.6 Å². The largest absolute Gasteiger partial charge is 0.306 e. The molecule has 0 fully saturated rings. The quantitative estimate of drug-likeness (QED) is 0.548. The number of aryl methyl sites for hydroxylation is 3. The van der Waals surface area contributed by atoms with Gasteiger partial charge in [-0.3, -0.25) is 4.79 Å². The lowest BCUT2D eigenvalue weighted by Gasteiger charge is -2.12. The molecule has 0 aliphatic rings. The number of carbonyl (C=O) groups excluding carboxylic acids is 1. The molecule has 1 amide bonds. The van der Waals surface area contributed by atoms with Gasteiger partial charge in [0.2, 0.25) is 5.91 Å². The first kappa shape index (κ1) is 19.1. The fourth-order valence-electron chi connectivity index (χ4n) is 3.07. The predicted octanol–water partition coefficient (Wildman–Crippen LogP) is 4.29. The number of fused-ring (bicyclic) bond motifs is 1. The Balaban J connectivity index is 2.11. The van der Waals surface area contributed by atoms with Gasteiger partial charge in [-0.1, -0.05) is 29.9 Å². The second-order valence-electron chi connectivity index (χ2n) is 6.58. The van der Waals surface area contributed by atoms with Crippen molar-refractivity contribution in [2.75, 3.05) is 5.32 Å². The summed E-state index contributed by atoms with van der Waals surface area (Å²) < 4.78 is 1.49. The number of rotatable bonds is 4. The molecule has 3 rings (SSSR count). The minimum absolute atomic E-state index is 0.271.